The van der Waals surface area contributed by atoms with E-state index in [1.807, 2.05) is 30.9 Å². The molecule has 0 bridgehead atoms. The molecule has 0 unspecified atom stereocenters. The highest BCUT2D eigenvalue weighted by molar-refractivity contribution is 6.06. The summed E-state index contributed by atoms with van der Waals surface area (Å²) in [4.78, 5) is 25.4. The number of rotatable bonds is 4. The summed E-state index contributed by atoms with van der Waals surface area (Å²) in [5.41, 5.74) is 1.40. The summed E-state index contributed by atoms with van der Waals surface area (Å²) in [6.07, 6.45) is 2.55. The molecule has 0 spiro atoms. The highest BCUT2D eigenvalue weighted by Gasteiger charge is 2.40. The van der Waals surface area contributed by atoms with Crippen molar-refractivity contribution in [2.75, 3.05) is 11.4 Å². The number of hydrogen-bond donors (Lipinski definition) is 2. The number of benzene rings is 1. The first-order valence-electron chi connectivity index (χ1n) is 7.41. The third-order valence-corrected chi connectivity index (χ3v) is 4.21. The molecular weight excluding hydrogens is 266 g/mol. The van der Waals surface area contributed by atoms with Crippen LogP contribution in [0.4, 0.5) is 5.69 Å². The fourth-order valence-corrected chi connectivity index (χ4v) is 2.54. The normalized spacial score (nSPS) is 21.3. The number of anilines is 1. The molecule has 2 aliphatic rings. The van der Waals surface area contributed by atoms with Crippen molar-refractivity contribution in [2.24, 2.45) is 0 Å². The maximum atomic E-state index is 12.0. The van der Waals surface area contributed by atoms with E-state index in [0.29, 0.717) is 6.04 Å². The molecule has 1 aliphatic carbocycles. The summed E-state index contributed by atoms with van der Waals surface area (Å²) in [5.74, 6) is -0.503. The number of carbonyl (C=O) groups is 2. The van der Waals surface area contributed by atoms with E-state index in [0.717, 1.165) is 12.2 Å². The van der Waals surface area contributed by atoms with Crippen LogP contribution < -0.4 is 15.5 Å². The third kappa shape index (κ3) is 2.93. The largest absolute Gasteiger partial charge is 0.348 e. The zero-order chi connectivity index (χ0) is 15.0. The van der Waals surface area contributed by atoms with E-state index in [1.54, 1.807) is 0 Å². The molecule has 1 saturated carbocycles. The minimum Gasteiger partial charge on any atom is -0.348 e. The molecule has 1 heterocycles. The third-order valence-electron chi connectivity index (χ3n) is 4.21. The predicted molar refractivity (Wildman–Crippen MR) is 80.9 cm³/mol. The van der Waals surface area contributed by atoms with Gasteiger partial charge in [0.15, 0.2) is 0 Å². The first-order valence-corrected chi connectivity index (χ1v) is 7.41. The number of nitrogens with one attached hydrogen (secondary N) is 2. The van der Waals surface area contributed by atoms with E-state index in [4.69, 9.17) is 0 Å². The van der Waals surface area contributed by atoms with Crippen LogP contribution in [0.3, 0.4) is 0 Å². The van der Waals surface area contributed by atoms with Gasteiger partial charge in [0.1, 0.15) is 5.54 Å². The number of piperazine rings is 1. The van der Waals surface area contributed by atoms with E-state index < -0.39 is 5.54 Å². The van der Waals surface area contributed by atoms with Gasteiger partial charge in [-0.2, -0.15) is 0 Å². The molecule has 2 fully saturated rings. The molecule has 0 aromatic heterocycles. The van der Waals surface area contributed by atoms with Crippen molar-refractivity contribution in [3.05, 3.63) is 29.8 Å². The van der Waals surface area contributed by atoms with Crippen molar-refractivity contribution in [3.63, 3.8) is 0 Å². The molecule has 1 aromatic carbocycles. The summed E-state index contributed by atoms with van der Waals surface area (Å²) < 4.78 is 0. The monoisotopic (exact) mass is 287 g/mol. The van der Waals surface area contributed by atoms with Crippen molar-refractivity contribution in [1.82, 2.24) is 10.6 Å². The zero-order valence-corrected chi connectivity index (χ0v) is 12.5. The van der Waals surface area contributed by atoms with Crippen molar-refractivity contribution in [2.45, 2.75) is 44.8 Å². The summed E-state index contributed by atoms with van der Waals surface area (Å²) in [5, 5.41) is 5.86. The van der Waals surface area contributed by atoms with Crippen LogP contribution in [0.15, 0.2) is 24.3 Å². The van der Waals surface area contributed by atoms with E-state index in [1.165, 1.54) is 18.4 Å². The minimum atomic E-state index is -0.721. The summed E-state index contributed by atoms with van der Waals surface area (Å²) in [6, 6.07) is 8.76. The smallest absolute Gasteiger partial charge is 0.251 e. The lowest BCUT2D eigenvalue weighted by molar-refractivity contribution is -0.135. The van der Waals surface area contributed by atoms with Crippen LogP contribution in [-0.4, -0.2) is 29.9 Å². The summed E-state index contributed by atoms with van der Waals surface area (Å²) in [6.45, 7) is 4.74. The molecule has 112 valence electrons. The van der Waals surface area contributed by atoms with Gasteiger partial charge in [0.05, 0.1) is 6.54 Å². The Hall–Kier alpha value is -1.88. The van der Waals surface area contributed by atoms with Gasteiger partial charge in [0.25, 0.3) is 5.91 Å². The van der Waals surface area contributed by atoms with Gasteiger partial charge < -0.3 is 10.2 Å². The Morgan fingerprint density at radius 1 is 1.24 bits per heavy atom. The maximum absolute atomic E-state index is 12.0. The molecule has 2 N–H and O–H groups in total. The van der Waals surface area contributed by atoms with Crippen LogP contribution in [0.5, 0.6) is 0 Å². The standard InChI is InChI=1S/C16H21N3O2/c1-16(2)15(21)18-14(20)10-19(16)13-7-3-11(4-8-13)9-17-12-5-6-12/h3-4,7-8,12,17H,5-6,9-10H2,1-2H3,(H,18,20,21). The molecular formula is C16H21N3O2. The average Bonchev–Trinajstić information content (AvgIpc) is 3.26. The van der Waals surface area contributed by atoms with Crippen LogP contribution in [-0.2, 0) is 16.1 Å². The lowest BCUT2D eigenvalue weighted by Crippen LogP contribution is -2.64. The Balaban J connectivity index is 1.75. The second-order valence-corrected chi connectivity index (χ2v) is 6.34. The molecule has 5 heteroatoms. The van der Waals surface area contributed by atoms with Gasteiger partial charge in [0, 0.05) is 18.3 Å². The second kappa shape index (κ2) is 5.15. The van der Waals surface area contributed by atoms with Gasteiger partial charge in [-0.3, -0.25) is 14.9 Å². The lowest BCUT2D eigenvalue weighted by Gasteiger charge is -2.41. The molecule has 5 nitrogen and oxygen atoms in total. The molecule has 1 aliphatic heterocycles. The Morgan fingerprint density at radius 2 is 1.90 bits per heavy atom. The van der Waals surface area contributed by atoms with E-state index in [2.05, 4.69) is 22.8 Å². The van der Waals surface area contributed by atoms with Gasteiger partial charge in [-0.05, 0) is 44.4 Å². The summed E-state index contributed by atoms with van der Waals surface area (Å²) >= 11 is 0. The number of amides is 2. The average molecular weight is 287 g/mol. The van der Waals surface area contributed by atoms with Crippen molar-refractivity contribution < 1.29 is 9.59 Å². The predicted octanol–water partition coefficient (Wildman–Crippen LogP) is 1.18. The van der Waals surface area contributed by atoms with Gasteiger partial charge >= 0.3 is 0 Å². The first-order chi connectivity index (χ1) is 9.96. The van der Waals surface area contributed by atoms with E-state index in [-0.39, 0.29) is 18.4 Å². The highest BCUT2D eigenvalue weighted by Crippen LogP contribution is 2.27. The Labute approximate surface area is 124 Å². The van der Waals surface area contributed by atoms with Gasteiger partial charge in [-0.15, -0.1) is 0 Å². The Morgan fingerprint density at radius 3 is 2.52 bits per heavy atom. The fourth-order valence-electron chi connectivity index (χ4n) is 2.54. The van der Waals surface area contributed by atoms with Crippen LogP contribution in [0, 0.1) is 0 Å². The zero-order valence-electron chi connectivity index (χ0n) is 12.5. The molecule has 3 rings (SSSR count). The second-order valence-electron chi connectivity index (χ2n) is 6.34. The lowest BCUT2D eigenvalue weighted by atomic mass is 9.97. The van der Waals surface area contributed by atoms with Crippen LogP contribution >= 0.6 is 0 Å². The van der Waals surface area contributed by atoms with Crippen molar-refractivity contribution in [1.29, 1.82) is 0 Å². The maximum Gasteiger partial charge on any atom is 0.251 e. The Kier molecular flexibility index (Phi) is 3.45. The molecule has 21 heavy (non-hydrogen) atoms. The van der Waals surface area contributed by atoms with E-state index >= 15 is 0 Å². The minimum absolute atomic E-state index is 0.207. The topological polar surface area (TPSA) is 61.4 Å². The fraction of sp³-hybridized carbons (Fsp3) is 0.500. The highest BCUT2D eigenvalue weighted by atomic mass is 16.2. The van der Waals surface area contributed by atoms with Gasteiger partial charge in [-0.25, -0.2) is 0 Å². The number of carbonyl (C=O) groups excluding carboxylic acids is 2. The van der Waals surface area contributed by atoms with Crippen molar-refractivity contribution >= 4 is 17.5 Å². The number of imide groups is 1. The van der Waals surface area contributed by atoms with Gasteiger partial charge in [0.2, 0.25) is 5.91 Å². The SMILES string of the molecule is CC1(C)C(=O)NC(=O)CN1c1ccc(CNC2CC2)cc1. The number of nitrogens with zero attached hydrogens (tertiary/aromatic N) is 1. The number of hydrogen-bond acceptors (Lipinski definition) is 4. The summed E-state index contributed by atoms with van der Waals surface area (Å²) in [7, 11) is 0. The van der Waals surface area contributed by atoms with E-state index in [9.17, 15) is 9.59 Å². The molecule has 1 aromatic rings. The van der Waals surface area contributed by atoms with Crippen LogP contribution in [0.2, 0.25) is 0 Å². The quantitative estimate of drug-likeness (QED) is 0.816. The van der Waals surface area contributed by atoms with Crippen LogP contribution in [0.1, 0.15) is 32.3 Å². The van der Waals surface area contributed by atoms with Gasteiger partial charge in [-0.1, -0.05) is 12.1 Å². The van der Waals surface area contributed by atoms with Crippen molar-refractivity contribution in [3.8, 4) is 0 Å². The molecule has 1 saturated heterocycles. The molecule has 0 radical (unpaired) electrons. The molecule has 2 amide bonds. The van der Waals surface area contributed by atoms with Crippen LogP contribution in [0.25, 0.3) is 0 Å². The molecule has 0 atom stereocenters. The first kappa shape index (κ1) is 14.1. The Bertz CT molecular complexity index is 561.